The van der Waals surface area contributed by atoms with Gasteiger partial charge in [0.1, 0.15) is 11.9 Å². The molecule has 1 aromatic rings. The molecule has 4 rings (SSSR count). The second-order valence-corrected chi connectivity index (χ2v) is 7.53. The summed E-state index contributed by atoms with van der Waals surface area (Å²) >= 11 is 0. The van der Waals surface area contributed by atoms with Crippen molar-refractivity contribution >= 4 is 0 Å². The second kappa shape index (κ2) is 8.12. The normalized spacial score (nSPS) is 31.2. The number of halogens is 1. The van der Waals surface area contributed by atoms with E-state index in [2.05, 4.69) is 4.90 Å². The Kier molecular flexibility index (Phi) is 5.66. The van der Waals surface area contributed by atoms with Crippen molar-refractivity contribution in [3.8, 4) is 0 Å². The van der Waals surface area contributed by atoms with E-state index in [1.165, 1.54) is 0 Å². The minimum atomic E-state index is -0.179. The van der Waals surface area contributed by atoms with Gasteiger partial charge in [-0.15, -0.1) is 0 Å². The van der Waals surface area contributed by atoms with Crippen LogP contribution in [0.3, 0.4) is 0 Å². The van der Waals surface area contributed by atoms with Gasteiger partial charge in [-0.05, 0) is 49.3 Å². The third-order valence-corrected chi connectivity index (χ3v) is 5.77. The zero-order valence-electron chi connectivity index (χ0n) is 14.7. The summed E-state index contributed by atoms with van der Waals surface area (Å²) in [6, 6.07) is 7.26. The molecule has 0 amide bonds. The van der Waals surface area contributed by atoms with Gasteiger partial charge in [-0.1, -0.05) is 12.1 Å². The molecule has 3 saturated heterocycles. The molecule has 0 aromatic heterocycles. The van der Waals surface area contributed by atoms with Crippen molar-refractivity contribution in [2.75, 3.05) is 33.0 Å². The predicted molar refractivity (Wildman–Crippen MR) is 92.9 cm³/mol. The Morgan fingerprint density at radius 2 is 1.88 bits per heavy atom. The average molecular weight is 349 g/mol. The van der Waals surface area contributed by atoms with Crippen LogP contribution in [0.2, 0.25) is 0 Å². The fourth-order valence-corrected chi connectivity index (χ4v) is 4.33. The maximum atomic E-state index is 13.1. The van der Waals surface area contributed by atoms with Gasteiger partial charge < -0.3 is 14.2 Å². The van der Waals surface area contributed by atoms with Crippen molar-refractivity contribution in [1.29, 1.82) is 0 Å². The Morgan fingerprint density at radius 1 is 1.08 bits per heavy atom. The highest BCUT2D eigenvalue weighted by Gasteiger charge is 2.44. The van der Waals surface area contributed by atoms with Gasteiger partial charge in [0.15, 0.2) is 0 Å². The van der Waals surface area contributed by atoms with Crippen LogP contribution in [0.4, 0.5) is 4.39 Å². The van der Waals surface area contributed by atoms with Crippen LogP contribution in [0.5, 0.6) is 0 Å². The fourth-order valence-electron chi connectivity index (χ4n) is 4.33. The molecule has 4 nitrogen and oxygen atoms in total. The smallest absolute Gasteiger partial charge is 0.123 e. The standard InChI is InChI=1S/C20H28FNO3/c21-17-5-3-15(4-6-17)12-22-13-19(20-18(22)2-1-9-24-20)25-14-16-7-10-23-11-8-16/h3-6,16,18-20H,1-2,7-14H2/t18-,19+,20+/m1/s1. The number of hydrogen-bond donors (Lipinski definition) is 0. The van der Waals surface area contributed by atoms with Gasteiger partial charge in [-0.2, -0.15) is 0 Å². The maximum absolute atomic E-state index is 13.1. The molecule has 0 unspecified atom stereocenters. The van der Waals surface area contributed by atoms with Crippen molar-refractivity contribution in [3.05, 3.63) is 35.6 Å². The first-order chi connectivity index (χ1) is 12.3. The number of rotatable bonds is 5. The maximum Gasteiger partial charge on any atom is 0.123 e. The van der Waals surface area contributed by atoms with Crippen LogP contribution in [-0.4, -0.2) is 56.1 Å². The van der Waals surface area contributed by atoms with E-state index in [4.69, 9.17) is 14.2 Å². The number of nitrogens with zero attached hydrogens (tertiary/aromatic N) is 1. The molecule has 3 aliphatic rings. The first kappa shape index (κ1) is 17.4. The summed E-state index contributed by atoms with van der Waals surface area (Å²) in [6.07, 6.45) is 4.78. The van der Waals surface area contributed by atoms with Crippen LogP contribution >= 0.6 is 0 Å². The Balaban J connectivity index is 1.37. The molecular weight excluding hydrogens is 321 g/mol. The molecule has 0 saturated carbocycles. The molecule has 3 atom stereocenters. The SMILES string of the molecule is Fc1ccc(CN2C[C@H](OCC3CCOCC3)[C@H]3OCCC[C@H]32)cc1. The molecule has 0 aliphatic carbocycles. The number of hydrogen-bond acceptors (Lipinski definition) is 4. The number of ether oxygens (including phenoxy) is 3. The molecule has 25 heavy (non-hydrogen) atoms. The molecule has 3 heterocycles. The van der Waals surface area contributed by atoms with E-state index in [0.717, 1.165) is 70.8 Å². The van der Waals surface area contributed by atoms with Crippen LogP contribution in [0.1, 0.15) is 31.2 Å². The zero-order valence-corrected chi connectivity index (χ0v) is 14.7. The fraction of sp³-hybridized carbons (Fsp3) is 0.700. The third kappa shape index (κ3) is 4.22. The highest BCUT2D eigenvalue weighted by molar-refractivity contribution is 5.17. The molecule has 138 valence electrons. The van der Waals surface area contributed by atoms with Crippen molar-refractivity contribution < 1.29 is 18.6 Å². The van der Waals surface area contributed by atoms with Crippen LogP contribution in [-0.2, 0) is 20.8 Å². The van der Waals surface area contributed by atoms with Crippen LogP contribution < -0.4 is 0 Å². The van der Waals surface area contributed by atoms with E-state index in [1.807, 2.05) is 12.1 Å². The Bertz CT molecular complexity index is 546. The van der Waals surface area contributed by atoms with Gasteiger partial charge in [-0.3, -0.25) is 4.90 Å². The van der Waals surface area contributed by atoms with Gasteiger partial charge in [0.25, 0.3) is 0 Å². The lowest BCUT2D eigenvalue weighted by atomic mass is 10.0. The number of benzene rings is 1. The van der Waals surface area contributed by atoms with Gasteiger partial charge in [0, 0.05) is 39.0 Å². The molecule has 0 radical (unpaired) electrons. The largest absolute Gasteiger partial charge is 0.381 e. The first-order valence-corrected chi connectivity index (χ1v) is 9.59. The molecule has 0 spiro atoms. The van der Waals surface area contributed by atoms with Gasteiger partial charge in [0.2, 0.25) is 0 Å². The average Bonchev–Trinajstić information content (AvgIpc) is 3.01. The molecule has 3 aliphatic heterocycles. The summed E-state index contributed by atoms with van der Waals surface area (Å²) in [5.74, 6) is 0.434. The van der Waals surface area contributed by atoms with E-state index in [0.29, 0.717) is 12.0 Å². The Labute approximate surface area is 149 Å². The van der Waals surface area contributed by atoms with Crippen LogP contribution in [0.15, 0.2) is 24.3 Å². The lowest BCUT2D eigenvalue weighted by molar-refractivity contribution is -0.0892. The van der Waals surface area contributed by atoms with Crippen molar-refractivity contribution in [3.63, 3.8) is 0 Å². The van der Waals surface area contributed by atoms with Gasteiger partial charge >= 0.3 is 0 Å². The molecule has 0 bridgehead atoms. The zero-order chi connectivity index (χ0) is 17.1. The molecular formula is C20H28FNO3. The van der Waals surface area contributed by atoms with Crippen molar-refractivity contribution in [1.82, 2.24) is 4.90 Å². The molecule has 5 heteroatoms. The summed E-state index contributed by atoms with van der Waals surface area (Å²) in [4.78, 5) is 2.46. The summed E-state index contributed by atoms with van der Waals surface area (Å²) in [5.41, 5.74) is 1.15. The predicted octanol–water partition coefficient (Wildman–Crippen LogP) is 3.00. The quantitative estimate of drug-likeness (QED) is 0.818. The summed E-state index contributed by atoms with van der Waals surface area (Å²) in [6.45, 7) is 5.10. The topological polar surface area (TPSA) is 30.9 Å². The van der Waals surface area contributed by atoms with E-state index >= 15 is 0 Å². The monoisotopic (exact) mass is 349 g/mol. The lowest BCUT2D eigenvalue weighted by Crippen LogP contribution is -2.42. The van der Waals surface area contributed by atoms with Crippen LogP contribution in [0.25, 0.3) is 0 Å². The Morgan fingerprint density at radius 3 is 2.68 bits per heavy atom. The number of fused-ring (bicyclic) bond motifs is 1. The summed E-state index contributed by atoms with van der Waals surface area (Å²) < 4.78 is 31.0. The first-order valence-electron chi connectivity index (χ1n) is 9.59. The highest BCUT2D eigenvalue weighted by atomic mass is 19.1. The highest BCUT2D eigenvalue weighted by Crippen LogP contribution is 2.32. The minimum absolute atomic E-state index is 0.147. The molecule has 0 N–H and O–H groups in total. The lowest BCUT2D eigenvalue weighted by Gasteiger charge is -2.32. The number of likely N-dealkylation sites (tertiary alicyclic amines) is 1. The van der Waals surface area contributed by atoms with Gasteiger partial charge in [-0.25, -0.2) is 4.39 Å². The summed E-state index contributed by atoms with van der Waals surface area (Å²) in [7, 11) is 0. The van der Waals surface area contributed by atoms with E-state index in [-0.39, 0.29) is 18.0 Å². The third-order valence-electron chi connectivity index (χ3n) is 5.77. The summed E-state index contributed by atoms with van der Waals surface area (Å²) in [5, 5.41) is 0. The van der Waals surface area contributed by atoms with E-state index < -0.39 is 0 Å². The van der Waals surface area contributed by atoms with Crippen molar-refractivity contribution in [2.45, 2.75) is 50.5 Å². The van der Waals surface area contributed by atoms with E-state index in [1.54, 1.807) is 12.1 Å². The van der Waals surface area contributed by atoms with Crippen molar-refractivity contribution in [2.24, 2.45) is 5.92 Å². The molecule has 3 fully saturated rings. The van der Waals surface area contributed by atoms with Crippen LogP contribution in [0, 0.1) is 11.7 Å². The molecule has 1 aromatic carbocycles. The second-order valence-electron chi connectivity index (χ2n) is 7.53. The van der Waals surface area contributed by atoms with Gasteiger partial charge in [0.05, 0.1) is 12.7 Å². The Hall–Kier alpha value is -1.01. The minimum Gasteiger partial charge on any atom is -0.381 e. The van der Waals surface area contributed by atoms with E-state index in [9.17, 15) is 4.39 Å².